The van der Waals surface area contributed by atoms with Gasteiger partial charge < -0.3 is 5.32 Å². The number of benzene rings is 1. The van der Waals surface area contributed by atoms with Gasteiger partial charge in [0.05, 0.1) is 15.1 Å². The Balaban J connectivity index is 2.62. The quantitative estimate of drug-likeness (QED) is 0.533. The summed E-state index contributed by atoms with van der Waals surface area (Å²) in [5, 5.41) is 5.06. The molecular weight excluding hydrogens is 313 g/mol. The van der Waals surface area contributed by atoms with Crippen LogP contribution >= 0.6 is 34.8 Å². The highest BCUT2D eigenvalue weighted by Gasteiger charge is 2.15. The minimum atomic E-state index is 0.174. The van der Waals surface area contributed by atoms with E-state index in [9.17, 15) is 0 Å². The van der Waals surface area contributed by atoms with Crippen molar-refractivity contribution in [2.45, 2.75) is 52.5 Å². The first-order valence-electron chi connectivity index (χ1n) is 7.37. The van der Waals surface area contributed by atoms with Gasteiger partial charge in [0.15, 0.2) is 0 Å². The van der Waals surface area contributed by atoms with Gasteiger partial charge in [-0.25, -0.2) is 0 Å². The molecule has 0 fully saturated rings. The van der Waals surface area contributed by atoms with Gasteiger partial charge in [0.1, 0.15) is 0 Å². The molecule has 4 heteroatoms. The van der Waals surface area contributed by atoms with Crippen molar-refractivity contribution < 1.29 is 0 Å². The van der Waals surface area contributed by atoms with Crippen LogP contribution in [0.25, 0.3) is 0 Å². The zero-order valence-corrected chi connectivity index (χ0v) is 14.7. The monoisotopic (exact) mass is 335 g/mol. The van der Waals surface area contributed by atoms with Crippen LogP contribution in [-0.2, 0) is 0 Å². The molecule has 2 atom stereocenters. The molecule has 0 spiro atoms. The third-order valence-electron chi connectivity index (χ3n) is 3.79. The van der Waals surface area contributed by atoms with Gasteiger partial charge in [-0.1, -0.05) is 74.0 Å². The molecule has 1 N–H and O–H groups in total. The van der Waals surface area contributed by atoms with Gasteiger partial charge in [-0.15, -0.1) is 0 Å². The molecule has 2 unspecified atom stereocenters. The van der Waals surface area contributed by atoms with Crippen molar-refractivity contribution in [2.75, 3.05) is 6.54 Å². The number of nitrogens with one attached hydrogen (secondary N) is 1. The van der Waals surface area contributed by atoms with Gasteiger partial charge in [-0.2, -0.15) is 0 Å². The van der Waals surface area contributed by atoms with E-state index in [1.165, 1.54) is 25.7 Å². The van der Waals surface area contributed by atoms with Crippen LogP contribution in [0, 0.1) is 5.92 Å². The molecule has 0 heterocycles. The highest BCUT2D eigenvalue weighted by Crippen LogP contribution is 2.35. The van der Waals surface area contributed by atoms with Crippen molar-refractivity contribution in [3.8, 4) is 0 Å². The van der Waals surface area contributed by atoms with Crippen molar-refractivity contribution in [3.05, 3.63) is 32.8 Å². The van der Waals surface area contributed by atoms with Gasteiger partial charge in [-0.05, 0) is 37.4 Å². The Bertz CT molecular complexity index is 420. The first-order chi connectivity index (χ1) is 9.51. The third kappa shape index (κ3) is 5.11. The van der Waals surface area contributed by atoms with Crippen LogP contribution in [0.15, 0.2) is 12.1 Å². The van der Waals surface area contributed by atoms with Gasteiger partial charge in [0.2, 0.25) is 0 Å². The summed E-state index contributed by atoms with van der Waals surface area (Å²) in [4.78, 5) is 0. The van der Waals surface area contributed by atoms with Crippen LogP contribution in [0.1, 0.15) is 58.1 Å². The molecule has 0 saturated heterocycles. The number of hydrogen-bond donors (Lipinski definition) is 1. The largest absolute Gasteiger partial charge is 0.310 e. The Kier molecular flexibility index (Phi) is 8.28. The third-order valence-corrected chi connectivity index (χ3v) is 5.10. The van der Waals surface area contributed by atoms with Crippen LogP contribution < -0.4 is 5.32 Å². The summed E-state index contributed by atoms with van der Waals surface area (Å²) in [6, 6.07) is 3.92. The van der Waals surface area contributed by atoms with Crippen LogP contribution in [0.2, 0.25) is 15.1 Å². The second-order valence-electron chi connectivity index (χ2n) is 5.31. The average molecular weight is 337 g/mol. The molecule has 0 aliphatic carbocycles. The molecule has 0 aliphatic rings. The van der Waals surface area contributed by atoms with Crippen molar-refractivity contribution in [1.29, 1.82) is 0 Å². The first kappa shape index (κ1) is 18.1. The summed E-state index contributed by atoms with van der Waals surface area (Å²) in [5.41, 5.74) is 1.01. The maximum atomic E-state index is 6.27. The van der Waals surface area contributed by atoms with E-state index >= 15 is 0 Å². The summed E-state index contributed by atoms with van der Waals surface area (Å²) < 4.78 is 0. The van der Waals surface area contributed by atoms with Crippen LogP contribution in [0.4, 0.5) is 0 Å². The molecule has 20 heavy (non-hydrogen) atoms. The van der Waals surface area contributed by atoms with Crippen molar-refractivity contribution in [3.63, 3.8) is 0 Å². The SMILES string of the molecule is CCCCC(CC)CNC(C)c1ccc(Cl)c(Cl)c1Cl. The van der Waals surface area contributed by atoms with Crippen molar-refractivity contribution in [1.82, 2.24) is 5.32 Å². The number of unbranched alkanes of at least 4 members (excludes halogenated alkanes) is 1. The fourth-order valence-electron chi connectivity index (χ4n) is 2.27. The Morgan fingerprint density at radius 1 is 1.10 bits per heavy atom. The molecule has 0 aromatic heterocycles. The molecule has 1 aromatic rings. The minimum absolute atomic E-state index is 0.174. The fourth-order valence-corrected chi connectivity index (χ4v) is 2.98. The molecular formula is C16H24Cl3N. The second kappa shape index (κ2) is 9.15. The Morgan fingerprint density at radius 2 is 1.80 bits per heavy atom. The van der Waals surface area contributed by atoms with E-state index in [4.69, 9.17) is 34.8 Å². The normalized spacial score (nSPS) is 14.3. The summed E-state index contributed by atoms with van der Waals surface area (Å²) in [5.74, 6) is 0.721. The summed E-state index contributed by atoms with van der Waals surface area (Å²) in [6.07, 6.45) is 5.03. The molecule has 114 valence electrons. The van der Waals surface area contributed by atoms with Crippen molar-refractivity contribution >= 4 is 34.8 Å². The Morgan fingerprint density at radius 3 is 2.40 bits per heavy atom. The van der Waals surface area contributed by atoms with E-state index in [2.05, 4.69) is 26.1 Å². The average Bonchev–Trinajstić information content (AvgIpc) is 2.45. The zero-order chi connectivity index (χ0) is 15.1. The molecule has 1 aromatic carbocycles. The van der Waals surface area contributed by atoms with E-state index in [0.29, 0.717) is 15.1 Å². The standard InChI is InChI=1S/C16H24Cl3N/c1-4-6-7-12(5-2)10-20-11(3)13-8-9-14(17)16(19)15(13)18/h8-9,11-12,20H,4-7,10H2,1-3H3. The molecule has 0 saturated carbocycles. The van der Waals surface area contributed by atoms with E-state index < -0.39 is 0 Å². The van der Waals surface area contributed by atoms with Crippen LogP contribution in [-0.4, -0.2) is 6.54 Å². The van der Waals surface area contributed by atoms with E-state index in [0.717, 1.165) is 18.0 Å². The van der Waals surface area contributed by atoms with E-state index in [1.807, 2.05) is 6.07 Å². The molecule has 0 aliphatic heterocycles. The van der Waals surface area contributed by atoms with Crippen LogP contribution in [0.3, 0.4) is 0 Å². The maximum absolute atomic E-state index is 6.27. The van der Waals surface area contributed by atoms with Crippen LogP contribution in [0.5, 0.6) is 0 Å². The maximum Gasteiger partial charge on any atom is 0.0781 e. The Labute approximate surface area is 138 Å². The van der Waals surface area contributed by atoms with E-state index in [1.54, 1.807) is 6.07 Å². The lowest BCUT2D eigenvalue weighted by Gasteiger charge is -2.21. The molecule has 0 radical (unpaired) electrons. The lowest BCUT2D eigenvalue weighted by molar-refractivity contribution is 0.398. The topological polar surface area (TPSA) is 12.0 Å². The smallest absolute Gasteiger partial charge is 0.0781 e. The Hall–Kier alpha value is 0.0500. The summed E-state index contributed by atoms with van der Waals surface area (Å²) >= 11 is 18.3. The lowest BCUT2D eigenvalue weighted by Crippen LogP contribution is -2.25. The predicted octanol–water partition coefficient (Wildman–Crippen LogP) is 6.51. The van der Waals surface area contributed by atoms with Gasteiger partial charge in [-0.3, -0.25) is 0 Å². The fraction of sp³-hybridized carbons (Fsp3) is 0.625. The molecule has 1 nitrogen and oxygen atoms in total. The number of halogens is 3. The van der Waals surface area contributed by atoms with Gasteiger partial charge >= 0.3 is 0 Å². The summed E-state index contributed by atoms with van der Waals surface area (Å²) in [6.45, 7) is 7.60. The first-order valence-corrected chi connectivity index (χ1v) is 8.51. The number of rotatable bonds is 8. The lowest BCUT2D eigenvalue weighted by atomic mass is 9.98. The highest BCUT2D eigenvalue weighted by atomic mass is 35.5. The number of hydrogen-bond acceptors (Lipinski definition) is 1. The zero-order valence-electron chi connectivity index (χ0n) is 12.5. The minimum Gasteiger partial charge on any atom is -0.310 e. The molecule has 1 rings (SSSR count). The predicted molar refractivity (Wildman–Crippen MR) is 91.2 cm³/mol. The van der Waals surface area contributed by atoms with Gasteiger partial charge in [0.25, 0.3) is 0 Å². The van der Waals surface area contributed by atoms with E-state index in [-0.39, 0.29) is 6.04 Å². The van der Waals surface area contributed by atoms with Gasteiger partial charge in [0, 0.05) is 6.04 Å². The molecule has 0 amide bonds. The highest BCUT2D eigenvalue weighted by molar-refractivity contribution is 6.48. The van der Waals surface area contributed by atoms with Crippen molar-refractivity contribution in [2.24, 2.45) is 5.92 Å². The summed E-state index contributed by atoms with van der Waals surface area (Å²) in [7, 11) is 0. The second-order valence-corrected chi connectivity index (χ2v) is 6.47. The molecule has 0 bridgehead atoms.